The normalized spacial score (nSPS) is 19.0. The van der Waals surface area contributed by atoms with E-state index in [1.165, 1.54) is 0 Å². The van der Waals surface area contributed by atoms with Crippen LogP contribution in [0.15, 0.2) is 66.7 Å². The first-order chi connectivity index (χ1) is 12.6. The van der Waals surface area contributed by atoms with Crippen molar-refractivity contribution in [3.63, 3.8) is 0 Å². The predicted molar refractivity (Wildman–Crippen MR) is 103 cm³/mol. The van der Waals surface area contributed by atoms with Crippen molar-refractivity contribution in [1.29, 1.82) is 0 Å². The summed E-state index contributed by atoms with van der Waals surface area (Å²) in [4.78, 5) is 25.5. The molecule has 0 saturated heterocycles. The lowest BCUT2D eigenvalue weighted by atomic mass is 9.81. The van der Waals surface area contributed by atoms with Gasteiger partial charge in [-0.05, 0) is 37.0 Å². The molecule has 2 atom stereocenters. The molecule has 0 heterocycles. The number of carbonyl (C=O) groups excluding carboxylic acids is 2. The number of allylic oxidation sites excluding steroid dienone is 2. The largest absolute Gasteiger partial charge is 0.352 e. The average molecular weight is 348 g/mol. The standard InChI is InChI=1S/C22H24N2O2/c1-16-9-5-8-14-20(16)24-22(26)19-13-7-6-12-18(19)21(25)23-15-17-10-3-2-4-11-17/h2-11,14,18-19H,12-13,15H2,1H3,(H,23,25)(H,24,26)/t18-,19+/m0/s1. The molecule has 0 saturated carbocycles. The number of amides is 2. The maximum atomic E-state index is 12.8. The van der Waals surface area contributed by atoms with E-state index < -0.39 is 0 Å². The van der Waals surface area contributed by atoms with Crippen LogP contribution in [0.25, 0.3) is 0 Å². The van der Waals surface area contributed by atoms with Crippen molar-refractivity contribution in [3.05, 3.63) is 77.9 Å². The van der Waals surface area contributed by atoms with E-state index in [0.717, 1.165) is 16.8 Å². The topological polar surface area (TPSA) is 58.2 Å². The van der Waals surface area contributed by atoms with Crippen LogP contribution >= 0.6 is 0 Å². The van der Waals surface area contributed by atoms with Crippen molar-refractivity contribution in [1.82, 2.24) is 5.32 Å². The highest BCUT2D eigenvalue weighted by Gasteiger charge is 2.34. The van der Waals surface area contributed by atoms with Gasteiger partial charge in [-0.15, -0.1) is 0 Å². The Bertz CT molecular complexity index is 799. The Morgan fingerprint density at radius 3 is 2.19 bits per heavy atom. The lowest BCUT2D eigenvalue weighted by Crippen LogP contribution is -2.40. The predicted octanol–water partition coefficient (Wildman–Crippen LogP) is 3.83. The Morgan fingerprint density at radius 1 is 0.885 bits per heavy atom. The molecule has 2 aromatic carbocycles. The molecule has 4 nitrogen and oxygen atoms in total. The molecule has 1 aliphatic carbocycles. The zero-order valence-electron chi connectivity index (χ0n) is 14.9. The molecule has 26 heavy (non-hydrogen) atoms. The van der Waals surface area contributed by atoms with E-state index in [1.807, 2.05) is 73.7 Å². The summed E-state index contributed by atoms with van der Waals surface area (Å²) in [6.45, 7) is 2.44. The molecule has 0 spiro atoms. The highest BCUT2D eigenvalue weighted by molar-refractivity contribution is 5.96. The van der Waals surface area contributed by atoms with Crippen molar-refractivity contribution in [2.45, 2.75) is 26.3 Å². The van der Waals surface area contributed by atoms with Gasteiger partial charge in [-0.1, -0.05) is 60.7 Å². The minimum atomic E-state index is -0.352. The molecule has 134 valence electrons. The molecule has 2 amide bonds. The van der Waals surface area contributed by atoms with Gasteiger partial charge >= 0.3 is 0 Å². The first-order valence-electron chi connectivity index (χ1n) is 8.98. The number of carbonyl (C=O) groups is 2. The van der Waals surface area contributed by atoms with E-state index in [-0.39, 0.29) is 23.7 Å². The molecule has 2 N–H and O–H groups in total. The van der Waals surface area contributed by atoms with Gasteiger partial charge in [0.1, 0.15) is 0 Å². The highest BCUT2D eigenvalue weighted by atomic mass is 16.2. The number of nitrogens with one attached hydrogen (secondary N) is 2. The maximum Gasteiger partial charge on any atom is 0.228 e. The minimum absolute atomic E-state index is 0.0665. The third-order valence-electron chi connectivity index (χ3n) is 4.82. The molecule has 0 radical (unpaired) electrons. The van der Waals surface area contributed by atoms with Crippen LogP contribution in [0.2, 0.25) is 0 Å². The van der Waals surface area contributed by atoms with Crippen molar-refractivity contribution in [3.8, 4) is 0 Å². The summed E-state index contributed by atoms with van der Waals surface area (Å²) >= 11 is 0. The third kappa shape index (κ3) is 4.39. The van der Waals surface area contributed by atoms with Gasteiger partial charge < -0.3 is 10.6 Å². The van der Waals surface area contributed by atoms with Gasteiger partial charge in [0, 0.05) is 12.2 Å². The quantitative estimate of drug-likeness (QED) is 0.807. The van der Waals surface area contributed by atoms with Crippen molar-refractivity contribution in [2.75, 3.05) is 5.32 Å². The molecule has 3 rings (SSSR count). The Balaban J connectivity index is 1.65. The summed E-state index contributed by atoms with van der Waals surface area (Å²) in [5, 5.41) is 5.96. The number of anilines is 1. The molecular weight excluding hydrogens is 324 g/mol. The van der Waals surface area contributed by atoms with Crippen LogP contribution < -0.4 is 10.6 Å². The Morgan fingerprint density at radius 2 is 1.50 bits per heavy atom. The SMILES string of the molecule is Cc1ccccc1NC(=O)[C@@H]1CC=CC[C@@H]1C(=O)NCc1ccccc1. The lowest BCUT2D eigenvalue weighted by Gasteiger charge is -2.27. The number of rotatable bonds is 5. The van der Waals surface area contributed by atoms with Crippen molar-refractivity contribution in [2.24, 2.45) is 11.8 Å². The first kappa shape index (κ1) is 17.9. The summed E-state index contributed by atoms with van der Waals surface area (Å²) < 4.78 is 0. The van der Waals surface area contributed by atoms with Gasteiger partial charge in [0.2, 0.25) is 11.8 Å². The molecule has 1 aliphatic rings. The summed E-state index contributed by atoms with van der Waals surface area (Å²) in [7, 11) is 0. The Hall–Kier alpha value is -2.88. The van der Waals surface area contributed by atoms with Crippen LogP contribution in [0.1, 0.15) is 24.0 Å². The van der Waals surface area contributed by atoms with E-state index in [2.05, 4.69) is 10.6 Å². The molecule has 2 aromatic rings. The third-order valence-corrected chi connectivity index (χ3v) is 4.82. The fourth-order valence-corrected chi connectivity index (χ4v) is 3.25. The van der Waals surface area contributed by atoms with Crippen molar-refractivity contribution < 1.29 is 9.59 Å². The van der Waals surface area contributed by atoms with Crippen LogP contribution in [0.4, 0.5) is 5.69 Å². The van der Waals surface area contributed by atoms with Crippen LogP contribution in [-0.4, -0.2) is 11.8 Å². The molecule has 0 unspecified atom stereocenters. The van der Waals surface area contributed by atoms with E-state index >= 15 is 0 Å². The van der Waals surface area contributed by atoms with E-state index in [0.29, 0.717) is 19.4 Å². The molecule has 0 bridgehead atoms. The summed E-state index contributed by atoms with van der Waals surface area (Å²) in [5.74, 6) is -0.852. The first-order valence-corrected chi connectivity index (χ1v) is 8.98. The van der Waals surface area contributed by atoms with Crippen LogP contribution in [0.5, 0.6) is 0 Å². The van der Waals surface area contributed by atoms with E-state index in [4.69, 9.17) is 0 Å². The summed E-state index contributed by atoms with van der Waals surface area (Å²) in [6, 6.07) is 17.5. The summed E-state index contributed by atoms with van der Waals surface area (Å²) in [5.41, 5.74) is 2.86. The fourth-order valence-electron chi connectivity index (χ4n) is 3.25. The zero-order chi connectivity index (χ0) is 18.4. The second-order valence-electron chi connectivity index (χ2n) is 6.66. The number of hydrogen-bond donors (Lipinski definition) is 2. The lowest BCUT2D eigenvalue weighted by molar-refractivity contribution is -0.132. The molecule has 0 aliphatic heterocycles. The Labute approximate surface area is 154 Å². The second-order valence-corrected chi connectivity index (χ2v) is 6.66. The smallest absolute Gasteiger partial charge is 0.228 e. The molecule has 0 fully saturated rings. The number of hydrogen-bond acceptors (Lipinski definition) is 2. The maximum absolute atomic E-state index is 12.8. The van der Waals surface area contributed by atoms with Gasteiger partial charge in [-0.25, -0.2) is 0 Å². The molecule has 4 heteroatoms. The van der Waals surface area contributed by atoms with Gasteiger partial charge in [0.25, 0.3) is 0 Å². The molecular formula is C22H24N2O2. The molecule has 0 aromatic heterocycles. The number of aryl methyl sites for hydroxylation is 1. The summed E-state index contributed by atoms with van der Waals surface area (Å²) in [6.07, 6.45) is 5.15. The van der Waals surface area contributed by atoms with Gasteiger partial charge in [-0.3, -0.25) is 9.59 Å². The highest BCUT2D eigenvalue weighted by Crippen LogP contribution is 2.28. The minimum Gasteiger partial charge on any atom is -0.352 e. The van der Waals surface area contributed by atoms with Gasteiger partial charge in [-0.2, -0.15) is 0 Å². The van der Waals surface area contributed by atoms with Crippen LogP contribution in [-0.2, 0) is 16.1 Å². The zero-order valence-corrected chi connectivity index (χ0v) is 14.9. The van der Waals surface area contributed by atoms with Gasteiger partial charge in [0.05, 0.1) is 11.8 Å². The van der Waals surface area contributed by atoms with E-state index in [1.54, 1.807) is 0 Å². The van der Waals surface area contributed by atoms with Gasteiger partial charge in [0.15, 0.2) is 0 Å². The number of para-hydroxylation sites is 1. The van der Waals surface area contributed by atoms with Crippen LogP contribution in [0.3, 0.4) is 0 Å². The number of benzene rings is 2. The second kappa shape index (κ2) is 8.48. The van der Waals surface area contributed by atoms with Crippen molar-refractivity contribution >= 4 is 17.5 Å². The fraction of sp³-hybridized carbons (Fsp3) is 0.273. The monoisotopic (exact) mass is 348 g/mol. The van der Waals surface area contributed by atoms with E-state index in [9.17, 15) is 9.59 Å². The average Bonchev–Trinajstić information content (AvgIpc) is 2.68. The Kier molecular flexibility index (Phi) is 5.84. The van der Waals surface area contributed by atoms with Crippen LogP contribution in [0, 0.1) is 18.8 Å².